The Bertz CT molecular complexity index is 780. The summed E-state index contributed by atoms with van der Waals surface area (Å²) in [6.45, 7) is 0.771. The number of hydrogen-bond acceptors (Lipinski definition) is 3. The number of aromatic nitrogens is 2. The van der Waals surface area contributed by atoms with Gasteiger partial charge in [0.1, 0.15) is 0 Å². The van der Waals surface area contributed by atoms with Gasteiger partial charge in [-0.3, -0.25) is 9.36 Å². The molecule has 6 nitrogen and oxygen atoms in total. The molecule has 1 saturated carbocycles. The number of aliphatic hydroxyl groups excluding tert-OH is 1. The summed E-state index contributed by atoms with van der Waals surface area (Å²) in [5.74, 6) is -0.0957. The molecule has 2 heterocycles. The van der Waals surface area contributed by atoms with E-state index in [1.807, 2.05) is 10.6 Å². The Morgan fingerprint density at radius 2 is 1.95 bits per heavy atom. The van der Waals surface area contributed by atoms with Crippen molar-refractivity contribution in [2.45, 2.75) is 37.8 Å². The van der Waals surface area contributed by atoms with E-state index < -0.39 is 6.10 Å². The zero-order valence-electron chi connectivity index (χ0n) is 12.3. The summed E-state index contributed by atoms with van der Waals surface area (Å²) >= 11 is 0. The lowest BCUT2D eigenvalue weighted by Gasteiger charge is -2.35. The summed E-state index contributed by atoms with van der Waals surface area (Å²) in [5, 5.41) is 9.30. The lowest BCUT2D eigenvalue weighted by Crippen LogP contribution is -2.53. The molecule has 1 aliphatic heterocycles. The number of hydrogen-bond donors (Lipinski definition) is 2. The molecule has 116 valence electrons. The van der Waals surface area contributed by atoms with Gasteiger partial charge in [0.2, 0.25) is 0 Å². The van der Waals surface area contributed by atoms with E-state index in [1.165, 1.54) is 0 Å². The Morgan fingerprint density at radius 1 is 1.23 bits per heavy atom. The highest BCUT2D eigenvalue weighted by Gasteiger charge is 2.30. The SMILES string of the molecule is O=C(c1ccc2c(c1)[nH]c(=O)n2C1CCCC1)N1CC(O)C1. The Hall–Kier alpha value is -2.08. The van der Waals surface area contributed by atoms with Crippen LogP contribution in [0, 0.1) is 0 Å². The molecule has 0 unspecified atom stereocenters. The van der Waals surface area contributed by atoms with Crippen molar-refractivity contribution in [3.8, 4) is 0 Å². The number of rotatable bonds is 2. The maximum Gasteiger partial charge on any atom is 0.326 e. The van der Waals surface area contributed by atoms with Crippen molar-refractivity contribution in [2.75, 3.05) is 13.1 Å². The lowest BCUT2D eigenvalue weighted by molar-refractivity contribution is 0.00590. The quantitative estimate of drug-likeness (QED) is 0.876. The highest BCUT2D eigenvalue weighted by Crippen LogP contribution is 2.30. The predicted molar refractivity (Wildman–Crippen MR) is 82.0 cm³/mol. The van der Waals surface area contributed by atoms with Crippen LogP contribution in [0.1, 0.15) is 42.1 Å². The monoisotopic (exact) mass is 301 g/mol. The molecule has 2 aromatic rings. The van der Waals surface area contributed by atoms with Crippen LogP contribution in [0.5, 0.6) is 0 Å². The minimum Gasteiger partial charge on any atom is -0.389 e. The number of β-amino-alcohol motifs (C(OH)–C–C–N with tert-alkyl or cyclic N) is 1. The Labute approximate surface area is 127 Å². The van der Waals surface area contributed by atoms with E-state index in [-0.39, 0.29) is 17.6 Å². The molecular weight excluding hydrogens is 282 g/mol. The smallest absolute Gasteiger partial charge is 0.326 e. The highest BCUT2D eigenvalue weighted by atomic mass is 16.3. The molecule has 1 saturated heterocycles. The Balaban J connectivity index is 1.70. The molecule has 1 aromatic heterocycles. The molecule has 2 fully saturated rings. The number of carbonyl (C=O) groups excluding carboxylic acids is 1. The van der Waals surface area contributed by atoms with Gasteiger partial charge in [-0.2, -0.15) is 0 Å². The summed E-state index contributed by atoms with van der Waals surface area (Å²) in [7, 11) is 0. The zero-order chi connectivity index (χ0) is 15.3. The van der Waals surface area contributed by atoms with Crippen LogP contribution < -0.4 is 5.69 Å². The Morgan fingerprint density at radius 3 is 2.64 bits per heavy atom. The number of likely N-dealkylation sites (tertiary alicyclic amines) is 1. The van der Waals surface area contributed by atoms with Gasteiger partial charge < -0.3 is 15.0 Å². The van der Waals surface area contributed by atoms with Crippen molar-refractivity contribution in [1.29, 1.82) is 0 Å². The van der Waals surface area contributed by atoms with Gasteiger partial charge in [-0.1, -0.05) is 12.8 Å². The molecule has 1 aliphatic carbocycles. The minimum absolute atomic E-state index is 0.0918. The van der Waals surface area contributed by atoms with Gasteiger partial charge in [-0.05, 0) is 31.0 Å². The number of H-pyrrole nitrogens is 1. The number of imidazole rings is 1. The van der Waals surface area contributed by atoms with Crippen molar-refractivity contribution in [2.24, 2.45) is 0 Å². The van der Waals surface area contributed by atoms with E-state index in [2.05, 4.69) is 4.98 Å². The van der Waals surface area contributed by atoms with Crippen LogP contribution >= 0.6 is 0 Å². The van der Waals surface area contributed by atoms with Crippen molar-refractivity contribution >= 4 is 16.9 Å². The number of aromatic amines is 1. The first-order valence-corrected chi connectivity index (χ1v) is 7.85. The maximum absolute atomic E-state index is 12.3. The van der Waals surface area contributed by atoms with Gasteiger partial charge >= 0.3 is 5.69 Å². The molecule has 0 bridgehead atoms. The fourth-order valence-electron chi connectivity index (χ4n) is 3.59. The van der Waals surface area contributed by atoms with Crippen molar-refractivity contribution < 1.29 is 9.90 Å². The second kappa shape index (κ2) is 4.98. The third kappa shape index (κ3) is 2.06. The number of benzene rings is 1. The molecule has 4 rings (SSSR count). The second-order valence-corrected chi connectivity index (χ2v) is 6.33. The van der Waals surface area contributed by atoms with Gasteiger partial charge in [-0.15, -0.1) is 0 Å². The van der Waals surface area contributed by atoms with E-state index in [1.54, 1.807) is 17.0 Å². The first kappa shape index (κ1) is 13.6. The van der Waals surface area contributed by atoms with Crippen molar-refractivity contribution in [3.05, 3.63) is 34.2 Å². The Kier molecular flexibility index (Phi) is 3.07. The number of carbonyl (C=O) groups is 1. The van der Waals surface area contributed by atoms with E-state index in [0.29, 0.717) is 24.2 Å². The summed E-state index contributed by atoms with van der Waals surface area (Å²) < 4.78 is 1.84. The van der Waals surface area contributed by atoms with Crippen molar-refractivity contribution in [1.82, 2.24) is 14.5 Å². The number of nitrogens with zero attached hydrogens (tertiary/aromatic N) is 2. The number of aliphatic hydroxyl groups is 1. The third-order valence-corrected chi connectivity index (χ3v) is 4.80. The van der Waals surface area contributed by atoms with E-state index >= 15 is 0 Å². The number of nitrogens with one attached hydrogen (secondary N) is 1. The van der Waals surface area contributed by atoms with E-state index in [0.717, 1.165) is 31.2 Å². The number of fused-ring (bicyclic) bond motifs is 1. The summed E-state index contributed by atoms with van der Waals surface area (Å²) in [6.07, 6.45) is 4.00. The second-order valence-electron chi connectivity index (χ2n) is 6.33. The topological polar surface area (TPSA) is 78.3 Å². The molecule has 2 aliphatic rings. The van der Waals surface area contributed by atoms with Crippen LogP contribution in [-0.4, -0.2) is 44.7 Å². The number of amides is 1. The molecule has 0 atom stereocenters. The molecule has 1 aromatic carbocycles. The molecule has 1 amide bonds. The highest BCUT2D eigenvalue weighted by molar-refractivity contribution is 5.97. The van der Waals surface area contributed by atoms with E-state index in [4.69, 9.17) is 0 Å². The van der Waals surface area contributed by atoms with Crippen LogP contribution in [0.4, 0.5) is 0 Å². The molecule has 22 heavy (non-hydrogen) atoms. The van der Waals surface area contributed by atoms with Gasteiger partial charge in [0.05, 0.1) is 17.1 Å². The largest absolute Gasteiger partial charge is 0.389 e. The fourth-order valence-corrected chi connectivity index (χ4v) is 3.59. The van der Waals surface area contributed by atoms with Gasteiger partial charge in [0, 0.05) is 24.7 Å². The first-order chi connectivity index (χ1) is 10.6. The van der Waals surface area contributed by atoms with E-state index in [9.17, 15) is 14.7 Å². The minimum atomic E-state index is -0.407. The summed E-state index contributed by atoms with van der Waals surface area (Å²) in [6, 6.07) is 5.64. The molecule has 6 heteroatoms. The summed E-state index contributed by atoms with van der Waals surface area (Å²) in [4.78, 5) is 29.0. The maximum atomic E-state index is 12.3. The normalized spacial score (nSPS) is 19.8. The zero-order valence-corrected chi connectivity index (χ0v) is 12.3. The average Bonchev–Trinajstić information content (AvgIpc) is 3.08. The van der Waals surface area contributed by atoms with Crippen LogP contribution in [0.3, 0.4) is 0 Å². The van der Waals surface area contributed by atoms with Gasteiger partial charge in [0.15, 0.2) is 0 Å². The van der Waals surface area contributed by atoms with Crippen LogP contribution in [0.15, 0.2) is 23.0 Å². The summed E-state index contributed by atoms with van der Waals surface area (Å²) in [5.41, 5.74) is 2.05. The average molecular weight is 301 g/mol. The van der Waals surface area contributed by atoms with Gasteiger partial charge in [-0.25, -0.2) is 4.79 Å². The van der Waals surface area contributed by atoms with Crippen molar-refractivity contribution in [3.63, 3.8) is 0 Å². The van der Waals surface area contributed by atoms with Crippen LogP contribution in [0.25, 0.3) is 11.0 Å². The molecule has 0 spiro atoms. The predicted octanol–water partition coefficient (Wildman–Crippen LogP) is 1.26. The van der Waals surface area contributed by atoms with Crippen LogP contribution in [-0.2, 0) is 0 Å². The molecule has 2 N–H and O–H groups in total. The fraction of sp³-hybridized carbons (Fsp3) is 0.500. The van der Waals surface area contributed by atoms with Crippen LogP contribution in [0.2, 0.25) is 0 Å². The lowest BCUT2D eigenvalue weighted by atomic mass is 10.1. The first-order valence-electron chi connectivity index (χ1n) is 7.85. The molecule has 0 radical (unpaired) electrons. The third-order valence-electron chi connectivity index (χ3n) is 4.80. The van der Waals surface area contributed by atoms with Gasteiger partial charge in [0.25, 0.3) is 5.91 Å². The molecular formula is C16H19N3O3. The standard InChI is InChI=1S/C16H19N3O3/c20-12-8-18(9-12)15(21)10-5-6-14-13(7-10)17-16(22)19(14)11-3-1-2-4-11/h5-7,11-12,20H,1-4,8-9H2,(H,17,22).